The van der Waals surface area contributed by atoms with Gasteiger partial charge in [0.1, 0.15) is 0 Å². The van der Waals surface area contributed by atoms with E-state index in [1.807, 2.05) is 61.0 Å². The van der Waals surface area contributed by atoms with Crippen molar-refractivity contribution in [3.05, 3.63) is 81.1 Å². The number of halogens is 2. The van der Waals surface area contributed by atoms with Crippen molar-refractivity contribution in [1.82, 2.24) is 15.1 Å². The first kappa shape index (κ1) is 22.0. The number of nitrogens with zero attached hydrogens (tertiary/aromatic N) is 2. The molecule has 0 spiro atoms. The van der Waals surface area contributed by atoms with Gasteiger partial charge >= 0.3 is 0 Å². The van der Waals surface area contributed by atoms with Crippen LogP contribution in [-0.2, 0) is 13.0 Å². The van der Waals surface area contributed by atoms with Gasteiger partial charge in [0.25, 0.3) is 5.91 Å². The molecule has 3 N–H and O–H groups in total. The van der Waals surface area contributed by atoms with E-state index in [2.05, 4.69) is 32.4 Å². The lowest BCUT2D eigenvalue weighted by molar-refractivity contribution is 0.0953. The molecule has 2 aromatic carbocycles. The number of aromatic nitrogens is 2. The molecule has 0 radical (unpaired) electrons. The number of amides is 1. The molecule has 3 rings (SSSR count). The van der Waals surface area contributed by atoms with E-state index in [0.717, 1.165) is 39.1 Å². The Balaban J connectivity index is 0.00000280. The van der Waals surface area contributed by atoms with Gasteiger partial charge in [-0.1, -0.05) is 40.2 Å². The fourth-order valence-corrected chi connectivity index (χ4v) is 3.53. The molecule has 0 saturated carbocycles. The molecule has 1 heterocycles. The van der Waals surface area contributed by atoms with Gasteiger partial charge in [0.15, 0.2) is 0 Å². The summed E-state index contributed by atoms with van der Waals surface area (Å²) in [6, 6.07) is 15.8. The molecule has 1 aromatic heterocycles. The predicted octanol–water partition coefficient (Wildman–Crippen LogP) is 4.29. The van der Waals surface area contributed by atoms with E-state index in [4.69, 9.17) is 5.73 Å². The molecule has 0 aliphatic heterocycles. The van der Waals surface area contributed by atoms with Crippen LogP contribution in [0.15, 0.2) is 53.0 Å². The number of benzene rings is 2. The Labute approximate surface area is 179 Å². The quantitative estimate of drug-likeness (QED) is 0.536. The van der Waals surface area contributed by atoms with Crippen LogP contribution in [0.25, 0.3) is 0 Å². The van der Waals surface area contributed by atoms with Gasteiger partial charge in [-0.25, -0.2) is 0 Å². The van der Waals surface area contributed by atoms with Crippen LogP contribution in [-0.4, -0.2) is 22.2 Å². The summed E-state index contributed by atoms with van der Waals surface area (Å²) in [5.74, 6) is -0.0825. The first-order valence-electron chi connectivity index (χ1n) is 8.85. The number of hydrogen-bond acceptors (Lipinski definition) is 3. The summed E-state index contributed by atoms with van der Waals surface area (Å²) in [5, 5.41) is 7.56. The number of aryl methyl sites for hydroxylation is 1. The molecule has 0 unspecified atom stereocenters. The monoisotopic (exact) mass is 462 g/mol. The topological polar surface area (TPSA) is 72.9 Å². The molecule has 0 aliphatic carbocycles. The Hall–Kier alpha value is -2.31. The fourth-order valence-electron chi connectivity index (χ4n) is 3.08. The number of nitrogens with one attached hydrogen (secondary N) is 1. The van der Waals surface area contributed by atoms with Gasteiger partial charge in [-0.15, -0.1) is 12.4 Å². The molecule has 0 fully saturated rings. The maximum Gasteiger partial charge on any atom is 0.255 e. The van der Waals surface area contributed by atoms with Gasteiger partial charge in [-0.3, -0.25) is 9.48 Å². The maximum absolute atomic E-state index is 12.7. The smallest absolute Gasteiger partial charge is 0.255 e. The zero-order valence-electron chi connectivity index (χ0n) is 15.9. The van der Waals surface area contributed by atoms with Crippen molar-refractivity contribution in [3.8, 4) is 0 Å². The number of nitrogen functional groups attached to an aromatic ring is 1. The second kappa shape index (κ2) is 9.75. The molecule has 28 heavy (non-hydrogen) atoms. The Morgan fingerprint density at radius 3 is 2.54 bits per heavy atom. The molecule has 0 aliphatic rings. The zero-order chi connectivity index (χ0) is 19.4. The Bertz CT molecular complexity index is 954. The Kier molecular flexibility index (Phi) is 7.66. The summed E-state index contributed by atoms with van der Waals surface area (Å²) in [5.41, 5.74) is 11.0. The van der Waals surface area contributed by atoms with Gasteiger partial charge in [0.05, 0.1) is 17.8 Å². The highest BCUT2D eigenvalue weighted by Crippen LogP contribution is 2.17. The van der Waals surface area contributed by atoms with E-state index in [9.17, 15) is 4.79 Å². The number of hydrogen-bond donors (Lipinski definition) is 2. The standard InChI is InChI=1S/C21H23BrN4O.ClH/c1-14-20(21(27)24-11-10-16-6-8-19(23)9-7-16)15(2)26(25-14)13-17-4-3-5-18(22)12-17;/h3-9,12H,10-11,13,23H2,1-2H3,(H,24,27);1H. The average molecular weight is 464 g/mol. The molecule has 5 nitrogen and oxygen atoms in total. The van der Waals surface area contributed by atoms with Crippen molar-refractivity contribution >= 4 is 39.9 Å². The average Bonchev–Trinajstić information content (AvgIpc) is 2.90. The van der Waals surface area contributed by atoms with Crippen LogP contribution < -0.4 is 11.1 Å². The van der Waals surface area contributed by atoms with Crippen LogP contribution >= 0.6 is 28.3 Å². The number of carbonyl (C=O) groups is 1. The first-order chi connectivity index (χ1) is 12.9. The van der Waals surface area contributed by atoms with Crippen LogP contribution in [0.2, 0.25) is 0 Å². The third kappa shape index (κ3) is 5.36. The van der Waals surface area contributed by atoms with Crippen molar-refractivity contribution < 1.29 is 4.79 Å². The van der Waals surface area contributed by atoms with E-state index >= 15 is 0 Å². The summed E-state index contributed by atoms with van der Waals surface area (Å²) >= 11 is 3.49. The summed E-state index contributed by atoms with van der Waals surface area (Å²) < 4.78 is 2.91. The second-order valence-electron chi connectivity index (χ2n) is 6.58. The largest absolute Gasteiger partial charge is 0.399 e. The summed E-state index contributed by atoms with van der Waals surface area (Å²) in [6.07, 6.45) is 0.760. The normalized spacial score (nSPS) is 10.4. The number of nitrogens with two attached hydrogens (primary N) is 1. The highest BCUT2D eigenvalue weighted by Gasteiger charge is 2.18. The maximum atomic E-state index is 12.7. The molecular weight excluding hydrogens is 440 g/mol. The lowest BCUT2D eigenvalue weighted by Gasteiger charge is -2.08. The van der Waals surface area contributed by atoms with Crippen molar-refractivity contribution in [2.75, 3.05) is 12.3 Å². The predicted molar refractivity (Wildman–Crippen MR) is 119 cm³/mol. The van der Waals surface area contributed by atoms with E-state index in [1.54, 1.807) is 0 Å². The van der Waals surface area contributed by atoms with E-state index in [-0.39, 0.29) is 18.3 Å². The lowest BCUT2D eigenvalue weighted by Crippen LogP contribution is -2.26. The molecule has 3 aromatic rings. The van der Waals surface area contributed by atoms with E-state index in [1.165, 1.54) is 0 Å². The highest BCUT2D eigenvalue weighted by atomic mass is 79.9. The second-order valence-corrected chi connectivity index (χ2v) is 7.50. The molecule has 0 saturated heterocycles. The summed E-state index contributed by atoms with van der Waals surface area (Å²) in [4.78, 5) is 12.7. The van der Waals surface area contributed by atoms with Crippen molar-refractivity contribution in [2.24, 2.45) is 0 Å². The number of carbonyl (C=O) groups excluding carboxylic acids is 1. The highest BCUT2D eigenvalue weighted by molar-refractivity contribution is 9.10. The van der Waals surface area contributed by atoms with Crippen molar-refractivity contribution in [1.29, 1.82) is 0 Å². The van der Waals surface area contributed by atoms with Gasteiger partial charge < -0.3 is 11.1 Å². The van der Waals surface area contributed by atoms with Crippen LogP contribution in [0, 0.1) is 13.8 Å². The Morgan fingerprint density at radius 1 is 1.14 bits per heavy atom. The van der Waals surface area contributed by atoms with Crippen LogP contribution in [0.3, 0.4) is 0 Å². The lowest BCUT2D eigenvalue weighted by atomic mass is 10.1. The Morgan fingerprint density at radius 2 is 1.86 bits per heavy atom. The molecule has 7 heteroatoms. The molecule has 148 valence electrons. The van der Waals surface area contributed by atoms with Gasteiger partial charge in [-0.05, 0) is 55.7 Å². The fraction of sp³-hybridized carbons (Fsp3) is 0.238. The molecule has 1 amide bonds. The van der Waals surface area contributed by atoms with Gasteiger partial charge in [0, 0.05) is 22.4 Å². The SMILES string of the molecule is Cc1nn(Cc2cccc(Br)c2)c(C)c1C(=O)NCCc1ccc(N)cc1.Cl. The summed E-state index contributed by atoms with van der Waals surface area (Å²) in [7, 11) is 0. The number of anilines is 1. The first-order valence-corrected chi connectivity index (χ1v) is 9.64. The van der Waals surface area contributed by atoms with E-state index in [0.29, 0.717) is 18.7 Å². The summed E-state index contributed by atoms with van der Waals surface area (Å²) in [6.45, 7) is 5.01. The van der Waals surface area contributed by atoms with Crippen molar-refractivity contribution in [3.63, 3.8) is 0 Å². The third-order valence-electron chi connectivity index (χ3n) is 4.51. The van der Waals surface area contributed by atoms with Crippen molar-refractivity contribution in [2.45, 2.75) is 26.8 Å². The van der Waals surface area contributed by atoms with Crippen LogP contribution in [0.5, 0.6) is 0 Å². The minimum atomic E-state index is -0.0825. The zero-order valence-corrected chi connectivity index (χ0v) is 18.3. The molecule has 0 bridgehead atoms. The number of rotatable bonds is 6. The van der Waals surface area contributed by atoms with Gasteiger partial charge in [0.2, 0.25) is 0 Å². The minimum absolute atomic E-state index is 0. The molecular formula is C21H24BrClN4O. The van der Waals surface area contributed by atoms with E-state index < -0.39 is 0 Å². The minimum Gasteiger partial charge on any atom is -0.399 e. The van der Waals surface area contributed by atoms with Gasteiger partial charge in [-0.2, -0.15) is 5.10 Å². The van der Waals surface area contributed by atoms with Crippen LogP contribution in [0.1, 0.15) is 32.9 Å². The molecule has 0 atom stereocenters. The third-order valence-corrected chi connectivity index (χ3v) is 5.00. The van der Waals surface area contributed by atoms with Crippen LogP contribution in [0.4, 0.5) is 5.69 Å².